The minimum atomic E-state index is -0.688. The van der Waals surface area contributed by atoms with Crippen molar-refractivity contribution in [1.29, 1.82) is 5.26 Å². The van der Waals surface area contributed by atoms with Crippen LogP contribution in [0.1, 0.15) is 47.8 Å². The summed E-state index contributed by atoms with van der Waals surface area (Å²) in [6.07, 6.45) is 19.5. The van der Waals surface area contributed by atoms with Gasteiger partial charge in [-0.15, -0.1) is 0 Å². The quantitative estimate of drug-likeness (QED) is 0.797. The molecule has 0 fully saturated rings. The molecule has 2 aromatic rings. The number of para-hydroxylation sites is 1. The largest absolute Gasteiger partial charge is 0.364 e. The predicted molar refractivity (Wildman–Crippen MR) is 115 cm³/mol. The minimum absolute atomic E-state index is 0.688. The molecule has 0 spiro atoms. The maximum absolute atomic E-state index is 9.57. The summed E-state index contributed by atoms with van der Waals surface area (Å²) in [6, 6.07) is 10.9. The Kier molecular flexibility index (Phi) is 3.87. The number of nitrogens with zero attached hydrogens (tertiary/aromatic N) is 2. The van der Waals surface area contributed by atoms with Crippen LogP contribution in [0.3, 0.4) is 0 Å². The lowest BCUT2D eigenvalue weighted by atomic mass is 9.94. The second-order valence-corrected chi connectivity index (χ2v) is 7.84. The Labute approximate surface area is 166 Å². The van der Waals surface area contributed by atoms with Crippen molar-refractivity contribution in [3.8, 4) is 11.8 Å². The van der Waals surface area contributed by atoms with Crippen LogP contribution in [0.25, 0.3) is 23.5 Å². The van der Waals surface area contributed by atoms with Crippen LogP contribution >= 0.6 is 0 Å². The fourth-order valence-corrected chi connectivity index (χ4v) is 4.54. The van der Waals surface area contributed by atoms with Gasteiger partial charge in [0.25, 0.3) is 0 Å². The molecule has 0 saturated heterocycles. The van der Waals surface area contributed by atoms with Gasteiger partial charge in [-0.05, 0) is 74.1 Å². The van der Waals surface area contributed by atoms with Gasteiger partial charge in [0.2, 0.25) is 0 Å². The van der Waals surface area contributed by atoms with Crippen LogP contribution in [-0.4, -0.2) is 10.1 Å². The highest BCUT2D eigenvalue weighted by atomic mass is 15.0. The van der Waals surface area contributed by atoms with Crippen molar-refractivity contribution in [3.05, 3.63) is 82.7 Å². The second kappa shape index (κ2) is 6.42. The van der Waals surface area contributed by atoms with E-state index in [1.807, 2.05) is 19.1 Å². The van der Waals surface area contributed by atoms with E-state index in [-0.39, 0.29) is 0 Å². The molecule has 28 heavy (non-hydrogen) atoms. The van der Waals surface area contributed by atoms with Crippen molar-refractivity contribution in [2.24, 2.45) is 0 Å². The summed E-state index contributed by atoms with van der Waals surface area (Å²) in [5, 5.41) is 13.0. The Bertz CT molecular complexity index is 1080. The first kappa shape index (κ1) is 16.9. The summed E-state index contributed by atoms with van der Waals surface area (Å²) in [6.45, 7) is 1.91. The number of hydrogen-bond acceptors (Lipinski definition) is 2. The molecule has 1 aromatic heterocycles. The van der Waals surface area contributed by atoms with Crippen molar-refractivity contribution < 1.29 is 0 Å². The highest BCUT2D eigenvalue weighted by Crippen LogP contribution is 2.37. The van der Waals surface area contributed by atoms with Gasteiger partial charge in [0.1, 0.15) is 5.54 Å². The number of benzene rings is 1. The molecule has 1 aromatic carbocycles. The number of rotatable bonds is 2. The van der Waals surface area contributed by atoms with Crippen LogP contribution in [0, 0.1) is 11.3 Å². The van der Waals surface area contributed by atoms with Crippen LogP contribution in [-0.2, 0) is 12.8 Å². The van der Waals surface area contributed by atoms with E-state index in [4.69, 9.17) is 0 Å². The highest BCUT2D eigenvalue weighted by molar-refractivity contribution is 5.78. The summed E-state index contributed by atoms with van der Waals surface area (Å²) in [5.41, 5.74) is 8.20. The molecular weight excluding hydrogens is 342 g/mol. The lowest BCUT2D eigenvalue weighted by Gasteiger charge is -2.27. The maximum Gasteiger partial charge on any atom is 0.141 e. The molecule has 2 aliphatic carbocycles. The third-order valence-corrected chi connectivity index (χ3v) is 5.89. The van der Waals surface area contributed by atoms with E-state index >= 15 is 0 Å². The normalized spacial score (nSPS) is 22.1. The fraction of sp³-hybridized carbons (Fsp3) is 0.240. The highest BCUT2D eigenvalue weighted by Gasteiger charge is 2.27. The average Bonchev–Trinajstić information content (AvgIpc) is 3.08. The van der Waals surface area contributed by atoms with Crippen LogP contribution < -0.4 is 5.32 Å². The molecule has 3 aliphatic rings. The van der Waals surface area contributed by atoms with E-state index in [0.717, 1.165) is 42.6 Å². The predicted octanol–water partition coefficient (Wildman–Crippen LogP) is 5.18. The molecule has 5 rings (SSSR count). The van der Waals surface area contributed by atoms with E-state index in [9.17, 15) is 5.26 Å². The molecule has 1 aliphatic heterocycles. The molecule has 2 heterocycles. The first-order chi connectivity index (χ1) is 13.7. The summed E-state index contributed by atoms with van der Waals surface area (Å²) in [7, 11) is 0. The topological polar surface area (TPSA) is 40.8 Å². The molecule has 0 radical (unpaired) electrons. The van der Waals surface area contributed by atoms with Crippen LogP contribution in [0.4, 0.5) is 0 Å². The van der Waals surface area contributed by atoms with E-state index in [1.165, 1.54) is 22.5 Å². The number of nitrogens with one attached hydrogen (secondary N) is 1. The summed E-state index contributed by atoms with van der Waals surface area (Å²) in [4.78, 5) is 0. The third kappa shape index (κ3) is 2.57. The molecule has 0 amide bonds. The molecule has 1 atom stereocenters. The second-order valence-electron chi connectivity index (χ2n) is 7.84. The molecule has 0 bridgehead atoms. The van der Waals surface area contributed by atoms with Crippen LogP contribution in [0.5, 0.6) is 0 Å². The first-order valence-electron chi connectivity index (χ1n) is 9.98. The molecule has 138 valence electrons. The number of fused-ring (bicyclic) bond motifs is 3. The Morgan fingerprint density at radius 1 is 1.04 bits per heavy atom. The average molecular weight is 365 g/mol. The molecular formula is C25H23N3. The van der Waals surface area contributed by atoms with E-state index in [2.05, 4.69) is 70.6 Å². The molecule has 1 N–H and O–H groups in total. The lowest BCUT2D eigenvalue weighted by molar-refractivity contribution is 0.639. The number of dihydropyridines is 1. The Morgan fingerprint density at radius 3 is 2.39 bits per heavy atom. The van der Waals surface area contributed by atoms with Gasteiger partial charge in [-0.3, -0.25) is 0 Å². The van der Waals surface area contributed by atoms with Gasteiger partial charge in [-0.1, -0.05) is 36.4 Å². The zero-order chi connectivity index (χ0) is 19.1. The number of hydrogen-bond donors (Lipinski definition) is 1. The Hall–Kier alpha value is -3.25. The van der Waals surface area contributed by atoms with Gasteiger partial charge in [0, 0.05) is 22.6 Å². The molecule has 0 saturated carbocycles. The third-order valence-electron chi connectivity index (χ3n) is 5.89. The Balaban J connectivity index is 1.72. The van der Waals surface area contributed by atoms with Crippen molar-refractivity contribution in [1.82, 2.24) is 9.88 Å². The zero-order valence-corrected chi connectivity index (χ0v) is 16.1. The molecule has 3 nitrogen and oxygen atoms in total. The van der Waals surface area contributed by atoms with Gasteiger partial charge in [-0.25, -0.2) is 0 Å². The first-order valence-corrected chi connectivity index (χ1v) is 9.98. The molecule has 1 unspecified atom stereocenters. The molecule has 3 heteroatoms. The van der Waals surface area contributed by atoms with Gasteiger partial charge in [0.15, 0.2) is 0 Å². The summed E-state index contributed by atoms with van der Waals surface area (Å²) in [5.74, 6) is 0. The van der Waals surface area contributed by atoms with E-state index in [1.54, 1.807) is 0 Å². The monoisotopic (exact) mass is 365 g/mol. The lowest BCUT2D eigenvalue weighted by Crippen LogP contribution is -2.39. The van der Waals surface area contributed by atoms with Gasteiger partial charge in [-0.2, -0.15) is 5.26 Å². The maximum atomic E-state index is 9.57. The standard InChI is InChI=1S/C25H23N3/c1-25(17-26)16-8-12-21(27-25)20-11-4-7-15-24(20)28-22-13-5-2-9-18(22)19-10-3-6-14-23(19)28/h4-8,11-16,27H,2-3,9-10H2,1H3. The number of aromatic nitrogens is 1. The number of nitriles is 1. The fourth-order valence-electron chi connectivity index (χ4n) is 4.54. The minimum Gasteiger partial charge on any atom is -0.364 e. The number of allylic oxidation sites excluding steroid dienone is 4. The van der Waals surface area contributed by atoms with Gasteiger partial charge < -0.3 is 9.88 Å². The van der Waals surface area contributed by atoms with Gasteiger partial charge >= 0.3 is 0 Å². The van der Waals surface area contributed by atoms with Gasteiger partial charge in [0.05, 0.1) is 11.8 Å². The van der Waals surface area contributed by atoms with Crippen LogP contribution in [0.2, 0.25) is 0 Å². The van der Waals surface area contributed by atoms with Crippen molar-refractivity contribution in [2.75, 3.05) is 0 Å². The van der Waals surface area contributed by atoms with Crippen LogP contribution in [0.15, 0.2) is 54.6 Å². The van der Waals surface area contributed by atoms with Crippen molar-refractivity contribution >= 4 is 17.8 Å². The zero-order valence-electron chi connectivity index (χ0n) is 16.1. The smallest absolute Gasteiger partial charge is 0.141 e. The van der Waals surface area contributed by atoms with Crippen molar-refractivity contribution in [2.45, 2.75) is 38.1 Å². The van der Waals surface area contributed by atoms with E-state index in [0.29, 0.717) is 0 Å². The summed E-state index contributed by atoms with van der Waals surface area (Å²) < 4.78 is 2.41. The Morgan fingerprint density at radius 2 is 1.71 bits per heavy atom. The summed E-state index contributed by atoms with van der Waals surface area (Å²) >= 11 is 0. The van der Waals surface area contributed by atoms with E-state index < -0.39 is 5.54 Å². The van der Waals surface area contributed by atoms with Crippen molar-refractivity contribution in [3.63, 3.8) is 0 Å². The SMILES string of the molecule is CC1(C#N)C=CC=C(c2ccccc2-n2c3c(c4c2C=CCC4)CCC=C3)N1.